The molecule has 0 aromatic heterocycles. The average molecular weight is 346 g/mol. The first-order chi connectivity index (χ1) is 11.6. The van der Waals surface area contributed by atoms with Crippen molar-refractivity contribution in [3.63, 3.8) is 0 Å². The fraction of sp³-hybridized carbons (Fsp3) is 0.222. The lowest BCUT2D eigenvalue weighted by Gasteiger charge is -2.29. The molecule has 0 fully saturated rings. The van der Waals surface area contributed by atoms with E-state index in [0.717, 1.165) is 0 Å². The standard InChI is InChI=1S/C18H16ClNO4/c1-12(21)13-6-7-17-15(10-13)20(8-9-23-17)18(22)11-24-16-5-3-2-4-14(16)19/h2-7,10H,8-9,11H2,1H3. The maximum absolute atomic E-state index is 12.5. The van der Waals surface area contributed by atoms with Gasteiger partial charge < -0.3 is 14.4 Å². The highest BCUT2D eigenvalue weighted by molar-refractivity contribution is 6.32. The quantitative estimate of drug-likeness (QED) is 0.797. The Morgan fingerprint density at radius 3 is 2.79 bits per heavy atom. The lowest BCUT2D eigenvalue weighted by atomic mass is 10.1. The van der Waals surface area contributed by atoms with Crippen molar-refractivity contribution < 1.29 is 19.1 Å². The van der Waals surface area contributed by atoms with Gasteiger partial charge in [0.2, 0.25) is 0 Å². The molecule has 0 saturated carbocycles. The first-order valence-corrected chi connectivity index (χ1v) is 7.89. The number of ether oxygens (including phenoxy) is 2. The second-order valence-corrected chi connectivity index (χ2v) is 5.76. The maximum Gasteiger partial charge on any atom is 0.265 e. The molecule has 5 nitrogen and oxygen atoms in total. The number of benzene rings is 2. The van der Waals surface area contributed by atoms with Crippen LogP contribution in [0.2, 0.25) is 5.02 Å². The molecule has 0 unspecified atom stereocenters. The summed E-state index contributed by atoms with van der Waals surface area (Å²) in [4.78, 5) is 25.7. The number of hydrogen-bond acceptors (Lipinski definition) is 4. The largest absolute Gasteiger partial charge is 0.490 e. The Labute approximate surface area is 144 Å². The minimum Gasteiger partial charge on any atom is -0.490 e. The molecule has 24 heavy (non-hydrogen) atoms. The molecular weight excluding hydrogens is 330 g/mol. The highest BCUT2D eigenvalue weighted by atomic mass is 35.5. The van der Waals surface area contributed by atoms with Crippen molar-refractivity contribution in [1.82, 2.24) is 0 Å². The van der Waals surface area contributed by atoms with Crippen molar-refractivity contribution in [2.45, 2.75) is 6.92 Å². The fourth-order valence-electron chi connectivity index (χ4n) is 2.47. The number of amides is 1. The highest BCUT2D eigenvalue weighted by Crippen LogP contribution is 2.33. The number of para-hydroxylation sites is 1. The molecule has 0 spiro atoms. The van der Waals surface area contributed by atoms with E-state index in [4.69, 9.17) is 21.1 Å². The van der Waals surface area contributed by atoms with Gasteiger partial charge in [0.05, 0.1) is 17.3 Å². The normalized spacial score (nSPS) is 13.0. The van der Waals surface area contributed by atoms with Gasteiger partial charge in [0.15, 0.2) is 12.4 Å². The van der Waals surface area contributed by atoms with Gasteiger partial charge in [0, 0.05) is 5.56 Å². The van der Waals surface area contributed by atoms with Crippen molar-refractivity contribution in [2.24, 2.45) is 0 Å². The zero-order chi connectivity index (χ0) is 17.1. The SMILES string of the molecule is CC(=O)c1ccc2c(c1)N(C(=O)COc1ccccc1Cl)CCO2. The second-order valence-electron chi connectivity index (χ2n) is 5.35. The predicted molar refractivity (Wildman–Crippen MR) is 91.2 cm³/mol. The maximum atomic E-state index is 12.5. The fourth-order valence-corrected chi connectivity index (χ4v) is 2.67. The monoisotopic (exact) mass is 345 g/mol. The molecule has 1 aliphatic rings. The molecular formula is C18H16ClNO4. The summed E-state index contributed by atoms with van der Waals surface area (Å²) in [6.45, 7) is 2.13. The Balaban J connectivity index is 1.78. The van der Waals surface area contributed by atoms with Crippen LogP contribution in [0.15, 0.2) is 42.5 Å². The van der Waals surface area contributed by atoms with Gasteiger partial charge >= 0.3 is 0 Å². The van der Waals surface area contributed by atoms with Crippen LogP contribution >= 0.6 is 11.6 Å². The minimum absolute atomic E-state index is 0.0666. The first-order valence-electron chi connectivity index (χ1n) is 7.52. The van der Waals surface area contributed by atoms with Gasteiger partial charge in [-0.1, -0.05) is 23.7 Å². The third-order valence-electron chi connectivity index (χ3n) is 3.72. The Bertz CT molecular complexity index is 790. The van der Waals surface area contributed by atoms with Crippen molar-refractivity contribution in [3.8, 4) is 11.5 Å². The smallest absolute Gasteiger partial charge is 0.265 e. The molecule has 0 aliphatic carbocycles. The van der Waals surface area contributed by atoms with E-state index in [-0.39, 0.29) is 18.3 Å². The van der Waals surface area contributed by atoms with Crippen molar-refractivity contribution in [1.29, 1.82) is 0 Å². The van der Waals surface area contributed by atoms with Crippen LogP contribution in [0, 0.1) is 0 Å². The number of fused-ring (bicyclic) bond motifs is 1. The number of nitrogens with zero attached hydrogens (tertiary/aromatic N) is 1. The molecule has 3 rings (SSSR count). The van der Waals surface area contributed by atoms with E-state index in [1.165, 1.54) is 6.92 Å². The first kappa shape index (κ1) is 16.3. The molecule has 0 saturated heterocycles. The molecule has 0 N–H and O–H groups in total. The number of ketones is 1. The molecule has 1 amide bonds. The summed E-state index contributed by atoms with van der Waals surface area (Å²) >= 11 is 6.02. The van der Waals surface area contributed by atoms with E-state index >= 15 is 0 Å². The third-order valence-corrected chi connectivity index (χ3v) is 4.03. The summed E-state index contributed by atoms with van der Waals surface area (Å²) in [5.41, 5.74) is 1.12. The lowest BCUT2D eigenvalue weighted by molar-refractivity contribution is -0.120. The van der Waals surface area contributed by atoms with Crippen molar-refractivity contribution >= 4 is 29.0 Å². The summed E-state index contributed by atoms with van der Waals surface area (Å²) in [6, 6.07) is 12.1. The van der Waals surface area contributed by atoms with Gasteiger partial charge in [0.1, 0.15) is 18.1 Å². The Morgan fingerprint density at radius 1 is 1.25 bits per heavy atom. The minimum atomic E-state index is -0.222. The molecule has 124 valence electrons. The average Bonchev–Trinajstić information content (AvgIpc) is 2.59. The zero-order valence-corrected chi connectivity index (χ0v) is 13.9. The number of hydrogen-bond donors (Lipinski definition) is 0. The van der Waals surface area contributed by atoms with Crippen LogP contribution in [-0.4, -0.2) is 31.4 Å². The summed E-state index contributed by atoms with van der Waals surface area (Å²) in [7, 11) is 0. The van der Waals surface area contributed by atoms with Crippen LogP contribution < -0.4 is 14.4 Å². The van der Waals surface area contributed by atoms with Crippen LogP contribution in [-0.2, 0) is 4.79 Å². The zero-order valence-electron chi connectivity index (χ0n) is 13.1. The van der Waals surface area contributed by atoms with E-state index in [2.05, 4.69) is 0 Å². The van der Waals surface area contributed by atoms with Crippen LogP contribution in [0.1, 0.15) is 17.3 Å². The van der Waals surface area contributed by atoms with Crippen LogP contribution in [0.3, 0.4) is 0 Å². The summed E-state index contributed by atoms with van der Waals surface area (Å²) in [6.07, 6.45) is 0. The molecule has 1 heterocycles. The van der Waals surface area contributed by atoms with Crippen molar-refractivity contribution in [3.05, 3.63) is 53.1 Å². The van der Waals surface area contributed by atoms with Crippen LogP contribution in [0.5, 0.6) is 11.5 Å². The molecule has 6 heteroatoms. The number of carbonyl (C=O) groups excluding carboxylic acids is 2. The summed E-state index contributed by atoms with van der Waals surface area (Å²) in [5, 5.41) is 0.451. The van der Waals surface area contributed by atoms with E-state index in [9.17, 15) is 9.59 Å². The number of carbonyl (C=O) groups is 2. The molecule has 2 aromatic rings. The van der Waals surface area contributed by atoms with E-state index < -0.39 is 0 Å². The van der Waals surface area contributed by atoms with E-state index in [0.29, 0.717) is 40.9 Å². The molecule has 0 radical (unpaired) electrons. The molecule has 2 aromatic carbocycles. The summed E-state index contributed by atoms with van der Waals surface area (Å²) < 4.78 is 11.1. The third kappa shape index (κ3) is 3.36. The van der Waals surface area contributed by atoms with Gasteiger partial charge in [-0.2, -0.15) is 0 Å². The topological polar surface area (TPSA) is 55.8 Å². The van der Waals surface area contributed by atoms with Crippen LogP contribution in [0.25, 0.3) is 0 Å². The van der Waals surface area contributed by atoms with Gasteiger partial charge in [-0.3, -0.25) is 9.59 Å². The van der Waals surface area contributed by atoms with E-state index in [1.807, 2.05) is 0 Å². The number of rotatable bonds is 4. The summed E-state index contributed by atoms with van der Waals surface area (Å²) in [5.74, 6) is 0.749. The molecule has 1 aliphatic heterocycles. The lowest BCUT2D eigenvalue weighted by Crippen LogP contribution is -2.40. The Morgan fingerprint density at radius 2 is 2.04 bits per heavy atom. The van der Waals surface area contributed by atoms with E-state index in [1.54, 1.807) is 47.4 Å². The Kier molecular flexibility index (Phi) is 4.71. The highest BCUT2D eigenvalue weighted by Gasteiger charge is 2.25. The van der Waals surface area contributed by atoms with Gasteiger partial charge in [0.25, 0.3) is 5.91 Å². The number of anilines is 1. The van der Waals surface area contributed by atoms with Crippen LogP contribution in [0.4, 0.5) is 5.69 Å². The molecule has 0 atom stereocenters. The van der Waals surface area contributed by atoms with Gasteiger partial charge in [-0.15, -0.1) is 0 Å². The van der Waals surface area contributed by atoms with Crippen molar-refractivity contribution in [2.75, 3.05) is 24.7 Å². The second kappa shape index (κ2) is 6.93. The Hall–Kier alpha value is -2.53. The molecule has 0 bridgehead atoms. The number of halogens is 1. The predicted octanol–water partition coefficient (Wildman–Crippen LogP) is 3.35. The number of Topliss-reactive ketones (excluding diaryl/α,β-unsaturated/α-hetero) is 1. The van der Waals surface area contributed by atoms with Gasteiger partial charge in [-0.05, 0) is 37.3 Å². The van der Waals surface area contributed by atoms with Gasteiger partial charge in [-0.25, -0.2) is 0 Å².